The SMILES string of the molecule is O=C(NCc1ccc(Cl)c(Cl)c1)C1=NO[C@H](Cc2noc(-c3ccc(F)cc3)n2)C1. The predicted octanol–water partition coefficient (Wildman–Crippen LogP) is 4.19. The Morgan fingerprint density at radius 2 is 1.97 bits per heavy atom. The first-order chi connectivity index (χ1) is 14.5. The number of benzene rings is 2. The van der Waals surface area contributed by atoms with E-state index in [1.807, 2.05) is 0 Å². The number of halogens is 3. The number of hydrogen-bond acceptors (Lipinski definition) is 6. The molecule has 1 aromatic heterocycles. The van der Waals surface area contributed by atoms with Gasteiger partial charge in [0, 0.05) is 18.5 Å². The number of carbonyl (C=O) groups is 1. The Morgan fingerprint density at radius 3 is 2.73 bits per heavy atom. The molecule has 0 bridgehead atoms. The maximum absolute atomic E-state index is 13.0. The summed E-state index contributed by atoms with van der Waals surface area (Å²) in [5.41, 5.74) is 1.71. The van der Waals surface area contributed by atoms with Crippen LogP contribution < -0.4 is 5.32 Å². The Hall–Kier alpha value is -2.97. The van der Waals surface area contributed by atoms with E-state index in [9.17, 15) is 9.18 Å². The number of oxime groups is 1. The van der Waals surface area contributed by atoms with Crippen molar-refractivity contribution in [3.63, 3.8) is 0 Å². The van der Waals surface area contributed by atoms with Gasteiger partial charge in [0.15, 0.2) is 5.82 Å². The molecular formula is C20H15Cl2FN4O3. The third-order valence-electron chi connectivity index (χ3n) is 4.40. The highest BCUT2D eigenvalue weighted by molar-refractivity contribution is 6.42. The van der Waals surface area contributed by atoms with E-state index >= 15 is 0 Å². The normalized spacial score (nSPS) is 15.6. The van der Waals surface area contributed by atoms with Crippen LogP contribution in [0.2, 0.25) is 10.0 Å². The van der Waals surface area contributed by atoms with E-state index in [1.54, 1.807) is 30.3 Å². The van der Waals surface area contributed by atoms with Crippen LogP contribution in [-0.2, 0) is 22.6 Å². The molecule has 0 aliphatic carbocycles. The molecule has 2 aromatic carbocycles. The molecule has 10 heteroatoms. The van der Waals surface area contributed by atoms with Crippen LogP contribution in [0.5, 0.6) is 0 Å². The minimum atomic E-state index is -0.380. The summed E-state index contributed by atoms with van der Waals surface area (Å²) in [4.78, 5) is 21.9. The number of nitrogens with zero attached hydrogens (tertiary/aromatic N) is 3. The average molecular weight is 449 g/mol. The second-order valence-corrected chi connectivity index (χ2v) is 7.44. The number of rotatable bonds is 6. The Bertz CT molecular complexity index is 1100. The Balaban J connectivity index is 1.29. The second-order valence-electron chi connectivity index (χ2n) is 6.63. The minimum Gasteiger partial charge on any atom is -0.391 e. The molecule has 0 spiro atoms. The molecule has 2 heterocycles. The van der Waals surface area contributed by atoms with Crippen LogP contribution in [0.4, 0.5) is 4.39 Å². The standard InChI is InChI=1S/C20H15Cl2FN4O3/c21-15-6-1-11(7-16(15)22)10-24-19(28)17-8-14(29-26-17)9-18-25-20(30-27-18)12-2-4-13(23)5-3-12/h1-7,14H,8-10H2,(H,24,28)/t14-/m0/s1. The van der Waals surface area contributed by atoms with E-state index in [-0.39, 0.29) is 36.0 Å². The molecule has 1 aliphatic rings. The lowest BCUT2D eigenvalue weighted by Crippen LogP contribution is -2.30. The summed E-state index contributed by atoms with van der Waals surface area (Å²) >= 11 is 11.9. The Labute approximate surface area is 180 Å². The van der Waals surface area contributed by atoms with E-state index in [0.29, 0.717) is 34.3 Å². The summed E-state index contributed by atoms with van der Waals surface area (Å²) in [7, 11) is 0. The maximum atomic E-state index is 13.0. The molecule has 0 radical (unpaired) electrons. The fourth-order valence-electron chi connectivity index (χ4n) is 2.86. The van der Waals surface area contributed by atoms with Gasteiger partial charge in [-0.05, 0) is 42.0 Å². The van der Waals surface area contributed by atoms with Gasteiger partial charge in [0.2, 0.25) is 0 Å². The van der Waals surface area contributed by atoms with E-state index in [0.717, 1.165) is 5.56 Å². The number of hydrogen-bond donors (Lipinski definition) is 1. The molecule has 0 saturated heterocycles. The number of amides is 1. The van der Waals surface area contributed by atoms with E-state index < -0.39 is 0 Å². The molecular weight excluding hydrogens is 434 g/mol. The quantitative estimate of drug-likeness (QED) is 0.610. The van der Waals surface area contributed by atoms with Gasteiger partial charge in [-0.1, -0.05) is 39.6 Å². The number of nitrogens with one attached hydrogen (secondary N) is 1. The summed E-state index contributed by atoms with van der Waals surface area (Å²) in [6.07, 6.45) is 0.250. The fraction of sp³-hybridized carbons (Fsp3) is 0.200. The molecule has 1 aliphatic heterocycles. The van der Waals surface area contributed by atoms with Crippen molar-refractivity contribution in [3.8, 4) is 11.5 Å². The van der Waals surface area contributed by atoms with Gasteiger partial charge in [-0.25, -0.2) is 4.39 Å². The number of aromatic nitrogens is 2. The smallest absolute Gasteiger partial charge is 0.269 e. The van der Waals surface area contributed by atoms with Crippen molar-refractivity contribution < 1.29 is 18.5 Å². The third-order valence-corrected chi connectivity index (χ3v) is 5.14. The van der Waals surface area contributed by atoms with Crippen LogP contribution in [-0.4, -0.2) is 27.9 Å². The first-order valence-electron chi connectivity index (χ1n) is 9.01. The van der Waals surface area contributed by atoms with Crippen LogP contribution in [0, 0.1) is 5.82 Å². The number of carbonyl (C=O) groups excluding carboxylic acids is 1. The van der Waals surface area contributed by atoms with Gasteiger partial charge in [-0.2, -0.15) is 4.98 Å². The van der Waals surface area contributed by atoms with Crippen LogP contribution >= 0.6 is 23.2 Å². The van der Waals surface area contributed by atoms with Crippen LogP contribution in [0.3, 0.4) is 0 Å². The molecule has 3 aromatic rings. The first-order valence-corrected chi connectivity index (χ1v) is 9.77. The summed E-state index contributed by atoms with van der Waals surface area (Å²) in [5.74, 6) is 0.0131. The summed E-state index contributed by atoms with van der Waals surface area (Å²) in [5, 5.41) is 11.4. The van der Waals surface area contributed by atoms with Gasteiger partial charge >= 0.3 is 0 Å². The van der Waals surface area contributed by atoms with Crippen molar-refractivity contribution in [2.45, 2.75) is 25.5 Å². The van der Waals surface area contributed by atoms with E-state index in [1.165, 1.54) is 12.1 Å². The van der Waals surface area contributed by atoms with Gasteiger partial charge in [-0.3, -0.25) is 4.79 Å². The van der Waals surface area contributed by atoms with Crippen LogP contribution in [0.1, 0.15) is 17.8 Å². The second kappa shape index (κ2) is 8.81. The van der Waals surface area contributed by atoms with Crippen LogP contribution in [0.15, 0.2) is 52.1 Å². The molecule has 0 unspecified atom stereocenters. The third kappa shape index (κ3) is 4.77. The van der Waals surface area contributed by atoms with Gasteiger partial charge in [0.05, 0.1) is 16.5 Å². The summed E-state index contributed by atoms with van der Waals surface area (Å²) < 4.78 is 18.2. The average Bonchev–Trinajstić information content (AvgIpc) is 3.39. The van der Waals surface area contributed by atoms with Crippen molar-refractivity contribution >= 4 is 34.8 Å². The molecule has 30 heavy (non-hydrogen) atoms. The largest absolute Gasteiger partial charge is 0.391 e. The monoisotopic (exact) mass is 448 g/mol. The highest BCUT2D eigenvalue weighted by atomic mass is 35.5. The molecule has 0 fully saturated rings. The molecule has 4 rings (SSSR count). The van der Waals surface area contributed by atoms with E-state index in [2.05, 4.69) is 20.6 Å². The molecule has 7 nitrogen and oxygen atoms in total. The highest BCUT2D eigenvalue weighted by Crippen LogP contribution is 2.23. The predicted molar refractivity (Wildman–Crippen MR) is 109 cm³/mol. The van der Waals surface area contributed by atoms with Gasteiger partial charge in [-0.15, -0.1) is 0 Å². The molecule has 1 atom stereocenters. The zero-order valence-corrected chi connectivity index (χ0v) is 17.0. The van der Waals surface area contributed by atoms with Crippen molar-refractivity contribution in [2.75, 3.05) is 0 Å². The van der Waals surface area contributed by atoms with Crippen molar-refractivity contribution in [1.82, 2.24) is 15.5 Å². The minimum absolute atomic E-state index is 0.280. The molecule has 1 N–H and O–H groups in total. The first kappa shape index (κ1) is 20.3. The topological polar surface area (TPSA) is 89.6 Å². The molecule has 1 amide bonds. The van der Waals surface area contributed by atoms with Gasteiger partial charge in [0.1, 0.15) is 17.6 Å². The zero-order chi connectivity index (χ0) is 21.1. The Kier molecular flexibility index (Phi) is 5.96. The Morgan fingerprint density at radius 1 is 1.17 bits per heavy atom. The summed E-state index contributed by atoms with van der Waals surface area (Å²) in [6, 6.07) is 10.9. The lowest BCUT2D eigenvalue weighted by Gasteiger charge is -2.06. The summed E-state index contributed by atoms with van der Waals surface area (Å²) in [6.45, 7) is 0.283. The maximum Gasteiger partial charge on any atom is 0.269 e. The van der Waals surface area contributed by atoms with Crippen LogP contribution in [0.25, 0.3) is 11.5 Å². The van der Waals surface area contributed by atoms with E-state index in [4.69, 9.17) is 32.6 Å². The van der Waals surface area contributed by atoms with Gasteiger partial charge < -0.3 is 14.7 Å². The van der Waals surface area contributed by atoms with Crippen molar-refractivity contribution in [1.29, 1.82) is 0 Å². The lowest BCUT2D eigenvalue weighted by atomic mass is 10.1. The van der Waals surface area contributed by atoms with Crippen molar-refractivity contribution in [3.05, 3.63) is 69.7 Å². The zero-order valence-electron chi connectivity index (χ0n) is 15.4. The van der Waals surface area contributed by atoms with Gasteiger partial charge in [0.25, 0.3) is 11.8 Å². The lowest BCUT2D eigenvalue weighted by molar-refractivity contribution is -0.115. The fourth-order valence-corrected chi connectivity index (χ4v) is 3.18. The highest BCUT2D eigenvalue weighted by Gasteiger charge is 2.27. The van der Waals surface area contributed by atoms with Crippen molar-refractivity contribution in [2.24, 2.45) is 5.16 Å². The molecule has 154 valence electrons. The molecule has 0 saturated carbocycles.